The summed E-state index contributed by atoms with van der Waals surface area (Å²) in [7, 11) is 0. The van der Waals surface area contributed by atoms with E-state index in [1.807, 2.05) is 35.2 Å². The number of benzene rings is 1. The molecule has 1 fully saturated rings. The summed E-state index contributed by atoms with van der Waals surface area (Å²) < 4.78 is 0. The van der Waals surface area contributed by atoms with Crippen molar-refractivity contribution in [1.29, 1.82) is 0 Å². The number of amides is 1. The molecule has 5 nitrogen and oxygen atoms in total. The molecule has 1 amide bonds. The second-order valence-corrected chi connectivity index (χ2v) is 6.11. The average Bonchev–Trinajstić information content (AvgIpc) is 2.56. The van der Waals surface area contributed by atoms with Crippen LogP contribution in [0.2, 0.25) is 0 Å². The number of likely N-dealkylation sites (tertiary alicyclic amines) is 1. The number of aliphatic hydroxyl groups excluding tert-OH is 1. The van der Waals surface area contributed by atoms with Crippen molar-refractivity contribution in [2.24, 2.45) is 0 Å². The number of aliphatic hydroxyl groups is 1. The van der Waals surface area contributed by atoms with Crippen molar-refractivity contribution in [3.8, 4) is 0 Å². The van der Waals surface area contributed by atoms with Crippen molar-refractivity contribution in [3.05, 3.63) is 59.9 Å². The number of nitrogens with zero attached hydrogens (tertiary/aromatic N) is 2. The van der Waals surface area contributed by atoms with E-state index in [2.05, 4.69) is 22.4 Å². The molecule has 0 bridgehead atoms. The normalized spacial score (nSPS) is 24.9. The Bertz CT molecular complexity index is 719. The molecule has 1 aromatic carbocycles. The molecule has 1 saturated heterocycles. The van der Waals surface area contributed by atoms with Crippen molar-refractivity contribution in [3.63, 3.8) is 0 Å². The molecule has 1 aromatic heterocycles. The van der Waals surface area contributed by atoms with E-state index in [-0.39, 0.29) is 36.9 Å². The van der Waals surface area contributed by atoms with Crippen molar-refractivity contribution >= 4 is 11.6 Å². The molecular formula is C18H19N3O2. The molecule has 0 aliphatic carbocycles. The Kier molecular flexibility index (Phi) is 3.50. The third-order valence-electron chi connectivity index (χ3n) is 4.90. The summed E-state index contributed by atoms with van der Waals surface area (Å²) in [5.74, 6) is 0.246. The number of carbonyl (C=O) groups excluding carboxylic acids is 1. The van der Waals surface area contributed by atoms with E-state index >= 15 is 0 Å². The van der Waals surface area contributed by atoms with Gasteiger partial charge in [-0.1, -0.05) is 24.3 Å². The summed E-state index contributed by atoms with van der Waals surface area (Å²) >= 11 is 0. The molecule has 0 unspecified atom stereocenters. The molecule has 2 aromatic rings. The second-order valence-electron chi connectivity index (χ2n) is 6.11. The van der Waals surface area contributed by atoms with Gasteiger partial charge in [0.1, 0.15) is 0 Å². The van der Waals surface area contributed by atoms with Gasteiger partial charge in [-0.25, -0.2) is 0 Å². The molecule has 0 saturated carbocycles. The summed E-state index contributed by atoms with van der Waals surface area (Å²) in [6, 6.07) is 13.7. The van der Waals surface area contributed by atoms with Crippen LogP contribution in [0.4, 0.5) is 5.69 Å². The van der Waals surface area contributed by atoms with Crippen LogP contribution >= 0.6 is 0 Å². The molecule has 23 heavy (non-hydrogen) atoms. The lowest BCUT2D eigenvalue weighted by atomic mass is 9.72. The van der Waals surface area contributed by atoms with E-state index in [4.69, 9.17) is 0 Å². The minimum atomic E-state index is -0.139. The van der Waals surface area contributed by atoms with Crippen molar-refractivity contribution in [2.75, 3.05) is 18.5 Å². The lowest BCUT2D eigenvalue weighted by molar-refractivity contribution is -0.149. The Morgan fingerprint density at radius 1 is 1.26 bits per heavy atom. The Balaban J connectivity index is 1.56. The van der Waals surface area contributed by atoms with Crippen LogP contribution in [0.25, 0.3) is 0 Å². The fourth-order valence-corrected chi connectivity index (χ4v) is 3.87. The molecule has 3 atom stereocenters. The largest absolute Gasteiger partial charge is 0.394 e. The first-order chi connectivity index (χ1) is 11.3. The molecule has 3 heterocycles. The number of pyridine rings is 1. The first-order valence-corrected chi connectivity index (χ1v) is 7.94. The molecule has 2 N–H and O–H groups in total. The SMILES string of the molecule is O=C(Cc1ccccn1)N1[C@H](CO)[C@H]2c3ccccc3NC[C@H]21. The molecular weight excluding hydrogens is 290 g/mol. The Hall–Kier alpha value is -2.40. The fraction of sp³-hybridized carbons (Fsp3) is 0.333. The van der Waals surface area contributed by atoms with E-state index in [1.165, 1.54) is 5.56 Å². The minimum Gasteiger partial charge on any atom is -0.394 e. The van der Waals surface area contributed by atoms with Crippen LogP contribution < -0.4 is 5.32 Å². The maximum atomic E-state index is 12.7. The molecule has 0 spiro atoms. The summed E-state index contributed by atoms with van der Waals surface area (Å²) in [6.45, 7) is 0.718. The highest BCUT2D eigenvalue weighted by Gasteiger charge is 2.52. The Morgan fingerprint density at radius 3 is 2.87 bits per heavy atom. The van der Waals surface area contributed by atoms with Crippen LogP contribution in [0.3, 0.4) is 0 Å². The van der Waals surface area contributed by atoms with Crippen LogP contribution in [0, 0.1) is 0 Å². The molecule has 118 valence electrons. The molecule has 0 radical (unpaired) electrons. The third-order valence-corrected chi connectivity index (χ3v) is 4.90. The third kappa shape index (κ3) is 2.28. The van der Waals surface area contributed by atoms with Gasteiger partial charge in [0.15, 0.2) is 0 Å². The predicted molar refractivity (Wildman–Crippen MR) is 87.1 cm³/mol. The molecule has 2 aliphatic heterocycles. The van der Waals surface area contributed by atoms with Gasteiger partial charge in [-0.3, -0.25) is 9.78 Å². The molecule has 5 heteroatoms. The van der Waals surface area contributed by atoms with Gasteiger partial charge in [-0.15, -0.1) is 0 Å². The monoisotopic (exact) mass is 309 g/mol. The van der Waals surface area contributed by atoms with Crippen LogP contribution in [0.15, 0.2) is 48.7 Å². The zero-order valence-electron chi connectivity index (χ0n) is 12.7. The average molecular weight is 309 g/mol. The van der Waals surface area contributed by atoms with Gasteiger partial charge in [0, 0.05) is 30.0 Å². The number of carbonyl (C=O) groups is 1. The lowest BCUT2D eigenvalue weighted by Gasteiger charge is -2.57. The zero-order chi connectivity index (χ0) is 15.8. The molecule has 4 rings (SSSR count). The highest BCUT2D eigenvalue weighted by Crippen LogP contribution is 2.46. The van der Waals surface area contributed by atoms with Gasteiger partial charge in [0.05, 0.1) is 25.1 Å². The van der Waals surface area contributed by atoms with Gasteiger partial charge in [-0.2, -0.15) is 0 Å². The minimum absolute atomic E-state index is 0.0105. The van der Waals surface area contributed by atoms with Crippen molar-refractivity contribution in [2.45, 2.75) is 24.4 Å². The van der Waals surface area contributed by atoms with Gasteiger partial charge in [-0.05, 0) is 23.8 Å². The lowest BCUT2D eigenvalue weighted by Crippen LogP contribution is -2.69. The standard InChI is InChI=1S/C18H19N3O2/c22-11-16-18-13-6-1-2-7-14(13)20-10-15(18)21(16)17(23)9-12-5-3-4-8-19-12/h1-8,15-16,18,20,22H,9-11H2/t15-,16-,18+/m1/s1. The Morgan fingerprint density at radius 2 is 2.09 bits per heavy atom. The quantitative estimate of drug-likeness (QED) is 0.899. The van der Waals surface area contributed by atoms with Crippen molar-refractivity contribution < 1.29 is 9.90 Å². The van der Waals surface area contributed by atoms with Gasteiger partial charge < -0.3 is 15.3 Å². The van der Waals surface area contributed by atoms with E-state index in [1.54, 1.807) is 6.20 Å². The maximum Gasteiger partial charge on any atom is 0.229 e. The van der Waals surface area contributed by atoms with Crippen LogP contribution in [0.5, 0.6) is 0 Å². The zero-order valence-corrected chi connectivity index (χ0v) is 12.7. The number of anilines is 1. The highest BCUT2D eigenvalue weighted by molar-refractivity contribution is 5.81. The van der Waals surface area contributed by atoms with Gasteiger partial charge in [0.2, 0.25) is 5.91 Å². The number of aromatic nitrogens is 1. The first kappa shape index (κ1) is 14.2. The van der Waals surface area contributed by atoms with E-state index in [9.17, 15) is 9.90 Å². The number of rotatable bonds is 3. The highest BCUT2D eigenvalue weighted by atomic mass is 16.3. The molecule has 2 aliphatic rings. The van der Waals surface area contributed by atoms with Gasteiger partial charge in [0.25, 0.3) is 0 Å². The number of nitrogens with one attached hydrogen (secondary N) is 1. The first-order valence-electron chi connectivity index (χ1n) is 7.94. The smallest absolute Gasteiger partial charge is 0.229 e. The summed E-state index contributed by atoms with van der Waals surface area (Å²) in [6.07, 6.45) is 1.98. The predicted octanol–water partition coefficient (Wildman–Crippen LogP) is 1.41. The van der Waals surface area contributed by atoms with E-state index in [0.717, 1.165) is 17.9 Å². The summed E-state index contributed by atoms with van der Waals surface area (Å²) in [4.78, 5) is 18.7. The second kappa shape index (κ2) is 5.66. The van der Waals surface area contributed by atoms with Crippen LogP contribution in [0.1, 0.15) is 17.2 Å². The number of hydrogen-bond donors (Lipinski definition) is 2. The number of hydrogen-bond acceptors (Lipinski definition) is 4. The van der Waals surface area contributed by atoms with Crippen LogP contribution in [-0.2, 0) is 11.2 Å². The van der Waals surface area contributed by atoms with Crippen molar-refractivity contribution in [1.82, 2.24) is 9.88 Å². The van der Waals surface area contributed by atoms with E-state index < -0.39 is 0 Å². The maximum absolute atomic E-state index is 12.7. The fourth-order valence-electron chi connectivity index (χ4n) is 3.87. The van der Waals surface area contributed by atoms with Gasteiger partial charge >= 0.3 is 0 Å². The van der Waals surface area contributed by atoms with E-state index in [0.29, 0.717) is 0 Å². The summed E-state index contributed by atoms with van der Waals surface area (Å²) in [5.41, 5.74) is 3.08. The Labute approximate surface area is 135 Å². The summed E-state index contributed by atoms with van der Waals surface area (Å²) in [5, 5.41) is 13.2. The number of fused-ring (bicyclic) bond motifs is 3. The number of para-hydroxylation sites is 1. The topological polar surface area (TPSA) is 65.5 Å². The van der Waals surface area contributed by atoms with Crippen LogP contribution in [-0.4, -0.2) is 46.1 Å².